The molecule has 0 atom stereocenters. The lowest BCUT2D eigenvalue weighted by atomic mass is 10.1. The SMILES string of the molecule is O=C1C(=Cc2ccco2)Oc2cc(OCc3ccc(Cl)cc3)ccc21. The van der Waals surface area contributed by atoms with Crippen molar-refractivity contribution in [1.29, 1.82) is 0 Å². The molecule has 2 heterocycles. The van der Waals surface area contributed by atoms with Crippen molar-refractivity contribution in [2.24, 2.45) is 0 Å². The minimum absolute atomic E-state index is 0.171. The topological polar surface area (TPSA) is 48.7 Å². The number of ketones is 1. The predicted octanol–water partition coefficient (Wildman–Crippen LogP) is 5.13. The Bertz CT molecular complexity index is 940. The smallest absolute Gasteiger partial charge is 0.232 e. The Kier molecular flexibility index (Phi) is 4.04. The molecule has 25 heavy (non-hydrogen) atoms. The monoisotopic (exact) mass is 352 g/mol. The maximum Gasteiger partial charge on any atom is 0.232 e. The third-order valence-electron chi connectivity index (χ3n) is 3.78. The number of halogens is 1. The van der Waals surface area contributed by atoms with Gasteiger partial charge in [0.05, 0.1) is 11.8 Å². The Labute approximate surface area is 149 Å². The Hall–Kier alpha value is -2.98. The molecule has 124 valence electrons. The molecule has 0 spiro atoms. The van der Waals surface area contributed by atoms with Crippen molar-refractivity contribution in [2.45, 2.75) is 6.61 Å². The standard InChI is InChI=1S/C20H13ClO4/c21-14-5-3-13(4-6-14)12-24-16-7-8-17-18(10-16)25-19(20(17)22)11-15-2-1-9-23-15/h1-11H,12H2. The highest BCUT2D eigenvalue weighted by Crippen LogP contribution is 2.35. The van der Waals surface area contributed by atoms with Gasteiger partial charge in [0.15, 0.2) is 5.76 Å². The summed E-state index contributed by atoms with van der Waals surface area (Å²) in [6.07, 6.45) is 3.12. The van der Waals surface area contributed by atoms with E-state index in [1.165, 1.54) is 0 Å². The number of carbonyl (C=O) groups excluding carboxylic acids is 1. The zero-order valence-electron chi connectivity index (χ0n) is 13.1. The third kappa shape index (κ3) is 3.30. The van der Waals surface area contributed by atoms with Crippen LogP contribution in [-0.2, 0) is 6.61 Å². The second kappa shape index (κ2) is 6.49. The molecule has 0 radical (unpaired) electrons. The molecule has 0 fully saturated rings. The Morgan fingerprint density at radius 2 is 1.92 bits per heavy atom. The van der Waals surface area contributed by atoms with Gasteiger partial charge < -0.3 is 13.9 Å². The van der Waals surface area contributed by atoms with Gasteiger partial charge in [-0.3, -0.25) is 4.79 Å². The molecule has 1 aromatic heterocycles. The number of Topliss-reactive ketones (excluding diaryl/α,β-unsaturated/α-hetero) is 1. The summed E-state index contributed by atoms with van der Waals surface area (Å²) in [4.78, 5) is 12.4. The molecule has 1 aliphatic rings. The summed E-state index contributed by atoms with van der Waals surface area (Å²) in [6, 6.07) is 16.1. The number of allylic oxidation sites excluding steroid dienone is 1. The number of fused-ring (bicyclic) bond motifs is 1. The average molecular weight is 353 g/mol. The van der Waals surface area contributed by atoms with Crippen LogP contribution < -0.4 is 9.47 Å². The molecule has 2 aromatic carbocycles. The molecule has 0 saturated carbocycles. The van der Waals surface area contributed by atoms with Crippen molar-refractivity contribution < 1.29 is 18.7 Å². The van der Waals surface area contributed by atoms with Crippen molar-refractivity contribution in [1.82, 2.24) is 0 Å². The fraction of sp³-hybridized carbons (Fsp3) is 0.0500. The Morgan fingerprint density at radius 1 is 1.08 bits per heavy atom. The van der Waals surface area contributed by atoms with Crippen LogP contribution in [0.25, 0.3) is 6.08 Å². The molecule has 4 nitrogen and oxygen atoms in total. The number of rotatable bonds is 4. The number of benzene rings is 2. The summed E-state index contributed by atoms with van der Waals surface area (Å²) in [7, 11) is 0. The molecule has 0 N–H and O–H groups in total. The predicted molar refractivity (Wildman–Crippen MR) is 93.9 cm³/mol. The van der Waals surface area contributed by atoms with Crippen LogP contribution in [0.15, 0.2) is 71.0 Å². The van der Waals surface area contributed by atoms with Gasteiger partial charge in [0, 0.05) is 17.2 Å². The largest absolute Gasteiger partial charge is 0.489 e. The van der Waals surface area contributed by atoms with Crippen molar-refractivity contribution in [2.75, 3.05) is 0 Å². The van der Waals surface area contributed by atoms with Crippen LogP contribution in [0.4, 0.5) is 0 Å². The van der Waals surface area contributed by atoms with Gasteiger partial charge in [-0.05, 0) is 42.0 Å². The Morgan fingerprint density at radius 3 is 2.68 bits per heavy atom. The highest BCUT2D eigenvalue weighted by molar-refractivity contribution is 6.30. The summed E-state index contributed by atoms with van der Waals surface area (Å²) in [5.74, 6) is 1.74. The van der Waals surface area contributed by atoms with Gasteiger partial charge in [0.1, 0.15) is 23.9 Å². The zero-order chi connectivity index (χ0) is 17.2. The van der Waals surface area contributed by atoms with E-state index in [1.807, 2.05) is 24.3 Å². The van der Waals surface area contributed by atoms with Crippen molar-refractivity contribution >= 4 is 23.5 Å². The second-order valence-electron chi connectivity index (χ2n) is 5.53. The minimum atomic E-state index is -0.171. The normalized spacial score (nSPS) is 14.4. The van der Waals surface area contributed by atoms with Crippen LogP contribution in [0.5, 0.6) is 11.5 Å². The van der Waals surface area contributed by atoms with Gasteiger partial charge in [-0.25, -0.2) is 0 Å². The van der Waals surface area contributed by atoms with Gasteiger partial charge in [-0.2, -0.15) is 0 Å². The first kappa shape index (κ1) is 15.5. The highest BCUT2D eigenvalue weighted by atomic mass is 35.5. The summed E-state index contributed by atoms with van der Waals surface area (Å²) < 4.78 is 16.6. The first-order chi connectivity index (χ1) is 12.2. The molecule has 0 bridgehead atoms. The molecule has 5 heteroatoms. The van der Waals surface area contributed by atoms with Crippen LogP contribution >= 0.6 is 11.6 Å². The number of hydrogen-bond donors (Lipinski definition) is 0. The summed E-state index contributed by atoms with van der Waals surface area (Å²) in [6.45, 7) is 0.402. The van der Waals surface area contributed by atoms with E-state index in [1.54, 1.807) is 42.7 Å². The van der Waals surface area contributed by atoms with E-state index in [0.717, 1.165) is 5.56 Å². The second-order valence-corrected chi connectivity index (χ2v) is 5.96. The van der Waals surface area contributed by atoms with Crippen molar-refractivity contribution in [3.05, 3.63) is 88.5 Å². The van der Waals surface area contributed by atoms with Gasteiger partial charge in [0.2, 0.25) is 5.78 Å². The van der Waals surface area contributed by atoms with Crippen LogP contribution in [0.1, 0.15) is 21.7 Å². The van der Waals surface area contributed by atoms with E-state index >= 15 is 0 Å². The summed E-state index contributed by atoms with van der Waals surface area (Å²) in [5, 5.41) is 0.684. The quantitative estimate of drug-likeness (QED) is 0.611. The van der Waals surface area contributed by atoms with Gasteiger partial charge >= 0.3 is 0 Å². The lowest BCUT2D eigenvalue weighted by Crippen LogP contribution is -1.97. The molecule has 0 amide bonds. The summed E-state index contributed by atoms with van der Waals surface area (Å²) >= 11 is 5.87. The van der Waals surface area contributed by atoms with Crippen molar-refractivity contribution in [3.63, 3.8) is 0 Å². The molecule has 4 rings (SSSR count). The maximum atomic E-state index is 12.4. The summed E-state index contributed by atoms with van der Waals surface area (Å²) in [5.41, 5.74) is 1.51. The number of furan rings is 1. The molecule has 3 aromatic rings. The Balaban J connectivity index is 1.50. The fourth-order valence-electron chi connectivity index (χ4n) is 2.51. The van der Waals surface area contributed by atoms with E-state index in [4.69, 9.17) is 25.5 Å². The number of carbonyl (C=O) groups is 1. The van der Waals surface area contributed by atoms with Crippen molar-refractivity contribution in [3.8, 4) is 11.5 Å². The lowest BCUT2D eigenvalue weighted by molar-refractivity contribution is 0.101. The minimum Gasteiger partial charge on any atom is -0.489 e. The van der Waals surface area contributed by atoms with Gasteiger partial charge in [0.25, 0.3) is 0 Å². The lowest BCUT2D eigenvalue weighted by Gasteiger charge is -2.07. The van der Waals surface area contributed by atoms with E-state index in [0.29, 0.717) is 34.5 Å². The van der Waals surface area contributed by atoms with E-state index in [-0.39, 0.29) is 11.5 Å². The maximum absolute atomic E-state index is 12.4. The van der Waals surface area contributed by atoms with E-state index in [2.05, 4.69) is 0 Å². The van der Waals surface area contributed by atoms with Gasteiger partial charge in [-0.15, -0.1) is 0 Å². The first-order valence-electron chi connectivity index (χ1n) is 7.68. The molecule has 0 unspecified atom stereocenters. The molecule has 1 aliphatic heterocycles. The highest BCUT2D eigenvalue weighted by Gasteiger charge is 2.28. The van der Waals surface area contributed by atoms with Crippen LogP contribution in [0.3, 0.4) is 0 Å². The molecule has 0 saturated heterocycles. The zero-order valence-corrected chi connectivity index (χ0v) is 13.8. The average Bonchev–Trinajstić information content (AvgIpc) is 3.23. The van der Waals surface area contributed by atoms with Crippen LogP contribution in [-0.4, -0.2) is 5.78 Å². The van der Waals surface area contributed by atoms with Crippen LogP contribution in [0.2, 0.25) is 5.02 Å². The van der Waals surface area contributed by atoms with E-state index in [9.17, 15) is 4.79 Å². The molecular weight excluding hydrogens is 340 g/mol. The molecular formula is C20H13ClO4. The van der Waals surface area contributed by atoms with Gasteiger partial charge in [-0.1, -0.05) is 23.7 Å². The van der Waals surface area contributed by atoms with Crippen LogP contribution in [0, 0.1) is 0 Å². The fourth-order valence-corrected chi connectivity index (χ4v) is 2.63. The third-order valence-corrected chi connectivity index (χ3v) is 4.03. The van der Waals surface area contributed by atoms with E-state index < -0.39 is 0 Å². The molecule has 0 aliphatic carbocycles. The first-order valence-corrected chi connectivity index (χ1v) is 8.06. The number of hydrogen-bond acceptors (Lipinski definition) is 4. The number of ether oxygens (including phenoxy) is 2.